The zero-order valence-electron chi connectivity index (χ0n) is 38.4. The molecule has 7 rings (SSSR count). The molecule has 4 atom stereocenters. The smallest absolute Gasteiger partial charge is 0.408 e. The molecule has 4 unspecified atom stereocenters. The predicted octanol–water partition coefficient (Wildman–Crippen LogP) is 8.83. The third-order valence-electron chi connectivity index (χ3n) is 11.5. The molecular weight excluding hydrogens is 849 g/mol. The van der Waals surface area contributed by atoms with Crippen LogP contribution in [0.25, 0.3) is 11.3 Å². The normalized spacial score (nSPS) is 17.1. The molecule has 5 N–H and O–H groups in total. The number of carbonyl (C=O) groups excluding carboxylic acids is 4. The maximum atomic E-state index is 15.9. The van der Waals surface area contributed by atoms with Crippen molar-refractivity contribution in [2.45, 2.75) is 115 Å². The fourth-order valence-corrected chi connectivity index (χ4v) is 8.44. The van der Waals surface area contributed by atoms with Crippen molar-refractivity contribution in [3.05, 3.63) is 125 Å². The Balaban J connectivity index is 0.972. The van der Waals surface area contributed by atoms with E-state index in [4.69, 9.17) is 14.5 Å². The number of nitrogens with zero attached hydrogens (tertiary/aromatic N) is 4. The van der Waals surface area contributed by atoms with Crippen LogP contribution in [-0.4, -0.2) is 79.7 Å². The molecule has 0 aliphatic carbocycles. The van der Waals surface area contributed by atoms with E-state index < -0.39 is 59.1 Å². The van der Waals surface area contributed by atoms with Crippen LogP contribution in [0.15, 0.2) is 85.2 Å². The van der Waals surface area contributed by atoms with Gasteiger partial charge in [-0.05, 0) is 97.4 Å². The number of carbonyl (C=O) groups is 4. The van der Waals surface area contributed by atoms with E-state index in [1.807, 2.05) is 18.2 Å². The molecule has 0 radical (unpaired) electrons. The van der Waals surface area contributed by atoms with E-state index in [-0.39, 0.29) is 29.1 Å². The summed E-state index contributed by atoms with van der Waals surface area (Å²) in [5.74, 6) is -1.16. The minimum absolute atomic E-state index is 0.0475. The average Bonchev–Trinajstić information content (AvgIpc) is 4.06. The predicted molar refractivity (Wildman–Crippen MR) is 244 cm³/mol. The maximum Gasteiger partial charge on any atom is 0.408 e. The first-order chi connectivity index (χ1) is 31.3. The van der Waals surface area contributed by atoms with Crippen LogP contribution in [0.2, 0.25) is 0 Å². The number of hydrogen-bond acceptors (Lipinski definition) is 9. The molecule has 17 heteroatoms. The van der Waals surface area contributed by atoms with Gasteiger partial charge in [-0.2, -0.15) is 0 Å². The number of nitrogens with one attached hydrogen (secondary N) is 5. The van der Waals surface area contributed by atoms with Crippen LogP contribution in [-0.2, 0) is 19.1 Å². The number of H-pyrrole nitrogens is 2. The van der Waals surface area contributed by atoms with Crippen LogP contribution in [0.1, 0.15) is 133 Å². The fourth-order valence-electron chi connectivity index (χ4n) is 8.44. The molecule has 0 bridgehead atoms. The third-order valence-corrected chi connectivity index (χ3v) is 11.5. The molecule has 4 amide bonds. The Bertz CT molecular complexity index is 2470. The van der Waals surface area contributed by atoms with Crippen molar-refractivity contribution in [1.82, 2.24) is 40.8 Å². The van der Waals surface area contributed by atoms with Crippen molar-refractivity contribution in [1.29, 1.82) is 0 Å². The Hall–Kier alpha value is -6.78. The van der Waals surface area contributed by atoms with Crippen LogP contribution in [0.5, 0.6) is 0 Å². The van der Waals surface area contributed by atoms with Crippen LogP contribution < -0.4 is 20.9 Å². The zero-order valence-corrected chi connectivity index (χ0v) is 38.4. The van der Waals surface area contributed by atoms with Crippen LogP contribution in [0, 0.1) is 11.6 Å². The molecule has 15 nitrogen and oxygen atoms in total. The highest BCUT2D eigenvalue weighted by Crippen LogP contribution is 2.37. The molecule has 0 saturated carbocycles. The number of rotatable bonds is 12. The SMILES string of the molecule is CC(NC(=O)C(NC(=O)OC(C)(C)C)c1ccccc1)c1ncc(-c2cc(F)c(N3CCC(c4cnc(C5CCCN5C(=O)C(NC(=O)OC(C)(C)C)c5ccccc5)[nH]4)CC3)c(F)c2)[nH]1. The monoisotopic (exact) mass is 907 g/mol. The Labute approximate surface area is 383 Å². The molecule has 2 fully saturated rings. The largest absolute Gasteiger partial charge is 0.444 e. The number of amides is 4. The second-order valence-corrected chi connectivity index (χ2v) is 18.9. The number of likely N-dealkylation sites (tertiary alicyclic amines) is 1. The summed E-state index contributed by atoms with van der Waals surface area (Å²) in [5.41, 5.74) is 1.05. The van der Waals surface area contributed by atoms with E-state index in [2.05, 4.69) is 30.9 Å². The summed E-state index contributed by atoms with van der Waals surface area (Å²) in [5, 5.41) is 8.30. The quantitative estimate of drug-likeness (QED) is 0.0816. The number of anilines is 1. The number of imidazole rings is 2. The summed E-state index contributed by atoms with van der Waals surface area (Å²) < 4.78 is 42.7. The maximum absolute atomic E-state index is 15.9. The van der Waals surface area contributed by atoms with Crippen molar-refractivity contribution in [3.63, 3.8) is 0 Å². The number of halogens is 2. The average molecular weight is 908 g/mol. The molecule has 5 aromatic rings. The van der Waals surface area contributed by atoms with Gasteiger partial charge in [-0.3, -0.25) is 9.59 Å². The summed E-state index contributed by atoms with van der Waals surface area (Å²) in [6, 6.07) is 17.4. The highest BCUT2D eigenvalue weighted by atomic mass is 19.1. The second kappa shape index (κ2) is 19.8. The number of alkyl carbamates (subject to hydrolysis) is 2. The molecule has 0 spiro atoms. The van der Waals surface area contributed by atoms with Gasteiger partial charge in [-0.25, -0.2) is 28.3 Å². The minimum atomic E-state index is -1.06. The highest BCUT2D eigenvalue weighted by molar-refractivity contribution is 5.88. The van der Waals surface area contributed by atoms with Crippen LogP contribution in [0.3, 0.4) is 0 Å². The van der Waals surface area contributed by atoms with Crippen molar-refractivity contribution in [2.75, 3.05) is 24.5 Å². The lowest BCUT2D eigenvalue weighted by Gasteiger charge is -2.33. The topological polar surface area (TPSA) is 187 Å². The molecule has 2 aliphatic rings. The number of ether oxygens (including phenoxy) is 2. The van der Waals surface area contributed by atoms with E-state index in [1.165, 1.54) is 18.3 Å². The Kier molecular flexibility index (Phi) is 14.1. The summed E-state index contributed by atoms with van der Waals surface area (Å²) >= 11 is 0. The number of hydrogen-bond donors (Lipinski definition) is 5. The van der Waals surface area contributed by atoms with Gasteiger partial charge in [-0.15, -0.1) is 0 Å². The van der Waals surface area contributed by atoms with E-state index in [0.29, 0.717) is 67.4 Å². The Morgan fingerprint density at radius 2 is 1.29 bits per heavy atom. The van der Waals surface area contributed by atoms with Gasteiger partial charge < -0.3 is 45.2 Å². The van der Waals surface area contributed by atoms with Crippen molar-refractivity contribution in [2.24, 2.45) is 0 Å². The van der Waals surface area contributed by atoms with Gasteiger partial charge in [0.2, 0.25) is 5.91 Å². The number of aromatic nitrogens is 4. The highest BCUT2D eigenvalue weighted by Gasteiger charge is 2.38. The van der Waals surface area contributed by atoms with Gasteiger partial charge in [-0.1, -0.05) is 60.7 Å². The van der Waals surface area contributed by atoms with Gasteiger partial charge in [0.05, 0.1) is 24.0 Å². The molecule has 2 aromatic heterocycles. The summed E-state index contributed by atoms with van der Waals surface area (Å²) in [7, 11) is 0. The lowest BCUT2D eigenvalue weighted by molar-refractivity contribution is -0.134. The number of piperidine rings is 1. The molecule has 4 heterocycles. The van der Waals surface area contributed by atoms with Crippen molar-refractivity contribution in [3.8, 4) is 11.3 Å². The van der Waals surface area contributed by atoms with Crippen molar-refractivity contribution < 1.29 is 37.4 Å². The minimum Gasteiger partial charge on any atom is -0.444 e. The Morgan fingerprint density at radius 1 is 0.727 bits per heavy atom. The summed E-state index contributed by atoms with van der Waals surface area (Å²) in [6.45, 7) is 13.5. The number of aromatic amines is 2. The van der Waals surface area contributed by atoms with E-state index >= 15 is 8.78 Å². The van der Waals surface area contributed by atoms with E-state index in [1.54, 1.807) is 107 Å². The van der Waals surface area contributed by atoms with Gasteiger partial charge in [0.1, 0.15) is 52.3 Å². The zero-order chi connectivity index (χ0) is 47.3. The standard InChI is InChI=1S/C49H59F2N9O6/c1-29(54-44(61)39(31-15-10-8-11-16-31)57-46(63)65-48(2,3)4)42-52-28-37(55-42)33-25-34(50)41(35(51)26-33)59-23-20-30(21-24-59)36-27-53-43(56-36)38-19-14-22-60(38)45(62)40(32-17-12-9-13-18-32)58-47(64)66-49(5,6)7/h8-13,15-18,25-30,38-40H,14,19-24H2,1-7H3,(H,52,55)(H,53,56)(H,54,61)(H,57,63)(H,58,64). The molecule has 3 aromatic carbocycles. The first kappa shape index (κ1) is 47.2. The molecule has 66 heavy (non-hydrogen) atoms. The molecule has 2 saturated heterocycles. The summed E-state index contributed by atoms with van der Waals surface area (Å²) in [4.78, 5) is 72.4. The first-order valence-electron chi connectivity index (χ1n) is 22.4. The fraction of sp³-hybridized carbons (Fsp3) is 0.429. The van der Waals surface area contributed by atoms with E-state index in [9.17, 15) is 19.2 Å². The lowest BCUT2D eigenvalue weighted by Crippen LogP contribution is -2.44. The Morgan fingerprint density at radius 3 is 1.86 bits per heavy atom. The molecule has 350 valence electrons. The number of benzene rings is 3. The third kappa shape index (κ3) is 11.5. The van der Waals surface area contributed by atoms with Gasteiger partial charge in [0.15, 0.2) is 0 Å². The van der Waals surface area contributed by atoms with Crippen LogP contribution >= 0.6 is 0 Å². The van der Waals surface area contributed by atoms with Gasteiger partial charge in [0, 0.05) is 43.0 Å². The first-order valence-corrected chi connectivity index (χ1v) is 22.4. The van der Waals surface area contributed by atoms with E-state index in [0.717, 1.165) is 12.1 Å². The second-order valence-electron chi connectivity index (χ2n) is 18.9. The lowest BCUT2D eigenvalue weighted by atomic mass is 9.93. The molecule has 2 aliphatic heterocycles. The van der Waals surface area contributed by atoms with Crippen molar-refractivity contribution >= 4 is 29.7 Å². The molecular formula is C49H59F2N9O6. The van der Waals surface area contributed by atoms with Crippen LogP contribution in [0.4, 0.5) is 24.1 Å². The van der Waals surface area contributed by atoms with Gasteiger partial charge in [0.25, 0.3) is 5.91 Å². The summed E-state index contributed by atoms with van der Waals surface area (Å²) in [6.07, 6.45) is 4.47. The van der Waals surface area contributed by atoms with Gasteiger partial charge >= 0.3 is 12.2 Å².